The molecular formula is C15H13Cl6N3O4. The van der Waals surface area contributed by atoms with Gasteiger partial charge >= 0.3 is 0 Å². The molecule has 1 heterocycles. The van der Waals surface area contributed by atoms with Crippen LogP contribution in [-0.2, 0) is 7.59 Å². The van der Waals surface area contributed by atoms with Gasteiger partial charge in [0.25, 0.3) is 0 Å². The highest BCUT2D eigenvalue weighted by Crippen LogP contribution is 2.50. The number of benzene rings is 1. The molecule has 0 saturated carbocycles. The van der Waals surface area contributed by atoms with E-state index in [0.29, 0.717) is 17.1 Å². The van der Waals surface area contributed by atoms with Gasteiger partial charge in [0.2, 0.25) is 19.1 Å². The molecule has 0 unspecified atom stereocenters. The summed E-state index contributed by atoms with van der Waals surface area (Å²) in [6.45, 7) is 0. The fraction of sp³-hybridized carbons (Fsp3) is 0.400. The highest BCUT2D eigenvalue weighted by Gasteiger charge is 2.35. The minimum atomic E-state index is -2.00. The van der Waals surface area contributed by atoms with E-state index in [4.69, 9.17) is 88.6 Å². The quantitative estimate of drug-likeness (QED) is 0.509. The average Bonchev–Trinajstić information content (AvgIpc) is 2.64. The molecule has 13 heteroatoms. The van der Waals surface area contributed by atoms with Crippen molar-refractivity contribution in [2.75, 3.05) is 28.4 Å². The van der Waals surface area contributed by atoms with Crippen LogP contribution in [0.4, 0.5) is 0 Å². The van der Waals surface area contributed by atoms with Crippen LogP contribution in [0.1, 0.15) is 11.6 Å². The zero-order valence-electron chi connectivity index (χ0n) is 14.8. The van der Waals surface area contributed by atoms with Crippen LogP contribution in [0.5, 0.6) is 23.0 Å². The van der Waals surface area contributed by atoms with Crippen LogP contribution in [0, 0.1) is 0 Å². The van der Waals surface area contributed by atoms with Gasteiger partial charge in [-0.15, -0.1) is 0 Å². The van der Waals surface area contributed by atoms with Crippen molar-refractivity contribution in [2.24, 2.45) is 0 Å². The van der Waals surface area contributed by atoms with Crippen LogP contribution >= 0.6 is 69.6 Å². The van der Waals surface area contributed by atoms with Crippen LogP contribution in [0.2, 0.25) is 0 Å². The Labute approximate surface area is 191 Å². The first-order chi connectivity index (χ1) is 13.0. The summed E-state index contributed by atoms with van der Waals surface area (Å²) in [5.74, 6) is 0.541. The summed E-state index contributed by atoms with van der Waals surface area (Å²) in [5, 5.41) is 0. The van der Waals surface area contributed by atoms with Crippen LogP contribution in [-0.4, -0.2) is 43.4 Å². The summed E-state index contributed by atoms with van der Waals surface area (Å²) >= 11 is 35.6. The van der Waals surface area contributed by atoms with E-state index in [1.807, 2.05) is 0 Å². The first-order valence-electron chi connectivity index (χ1n) is 7.25. The maximum atomic E-state index is 5.93. The van der Waals surface area contributed by atoms with Gasteiger partial charge in [-0.25, -0.2) is 15.0 Å². The molecule has 0 aliphatic heterocycles. The van der Waals surface area contributed by atoms with Gasteiger partial charge in [0, 0.05) is 0 Å². The Kier molecular flexibility index (Phi) is 7.45. The van der Waals surface area contributed by atoms with E-state index < -0.39 is 7.59 Å². The first kappa shape index (κ1) is 23.4. The SMILES string of the molecule is COc1cc(-c2nc(C(Cl)(Cl)Cl)nc(C(Cl)(Cl)Cl)n2)c(OC)c(OC)c1OC. The van der Waals surface area contributed by atoms with Crippen molar-refractivity contribution >= 4 is 69.6 Å². The summed E-state index contributed by atoms with van der Waals surface area (Å²) < 4.78 is 17.5. The van der Waals surface area contributed by atoms with Gasteiger partial charge in [0.05, 0.1) is 34.0 Å². The van der Waals surface area contributed by atoms with Gasteiger partial charge in [-0.3, -0.25) is 0 Å². The lowest BCUT2D eigenvalue weighted by Crippen LogP contribution is -2.17. The number of hydrogen-bond donors (Lipinski definition) is 0. The number of nitrogens with zero attached hydrogens (tertiary/aromatic N) is 3. The van der Waals surface area contributed by atoms with E-state index in [9.17, 15) is 0 Å². The molecule has 0 radical (unpaired) electrons. The van der Waals surface area contributed by atoms with Crippen LogP contribution in [0.3, 0.4) is 0 Å². The molecule has 1 aromatic heterocycles. The van der Waals surface area contributed by atoms with Crippen molar-refractivity contribution in [3.8, 4) is 34.4 Å². The molecule has 28 heavy (non-hydrogen) atoms. The average molecular weight is 512 g/mol. The van der Waals surface area contributed by atoms with E-state index in [-0.39, 0.29) is 29.0 Å². The van der Waals surface area contributed by atoms with Crippen molar-refractivity contribution in [1.29, 1.82) is 0 Å². The molecule has 154 valence electrons. The summed E-state index contributed by atoms with van der Waals surface area (Å²) in [6.07, 6.45) is 0. The van der Waals surface area contributed by atoms with E-state index in [0.717, 1.165) is 0 Å². The highest BCUT2D eigenvalue weighted by atomic mass is 35.6. The second-order valence-corrected chi connectivity index (χ2v) is 9.59. The number of ether oxygens (including phenoxy) is 4. The number of aromatic nitrogens is 3. The molecule has 0 spiro atoms. The Morgan fingerprint density at radius 3 is 1.46 bits per heavy atom. The zero-order chi connectivity index (χ0) is 21.3. The van der Waals surface area contributed by atoms with E-state index in [1.54, 1.807) is 6.07 Å². The molecule has 2 rings (SSSR count). The summed E-state index contributed by atoms with van der Waals surface area (Å²) in [4.78, 5) is 12.3. The molecule has 1 aromatic carbocycles. The summed E-state index contributed by atoms with van der Waals surface area (Å²) in [7, 11) is 5.74. The monoisotopic (exact) mass is 509 g/mol. The molecule has 0 N–H and O–H groups in total. The second kappa shape index (κ2) is 8.90. The van der Waals surface area contributed by atoms with Crippen molar-refractivity contribution in [2.45, 2.75) is 7.59 Å². The first-order valence-corrected chi connectivity index (χ1v) is 9.52. The second-order valence-electron chi connectivity index (χ2n) is 5.03. The molecule has 0 aliphatic rings. The van der Waals surface area contributed by atoms with Crippen LogP contribution in [0.15, 0.2) is 6.07 Å². The lowest BCUT2D eigenvalue weighted by molar-refractivity contribution is 0.306. The topological polar surface area (TPSA) is 75.6 Å². The molecule has 0 atom stereocenters. The van der Waals surface area contributed by atoms with Gasteiger partial charge in [-0.1, -0.05) is 69.6 Å². The smallest absolute Gasteiger partial charge is 0.250 e. The number of alkyl halides is 6. The Balaban J connectivity index is 2.90. The van der Waals surface area contributed by atoms with Crippen molar-refractivity contribution in [1.82, 2.24) is 15.0 Å². The molecule has 0 fully saturated rings. The largest absolute Gasteiger partial charge is 0.493 e. The van der Waals surface area contributed by atoms with Gasteiger partial charge in [0.15, 0.2) is 29.0 Å². The minimum absolute atomic E-state index is 0.00578. The van der Waals surface area contributed by atoms with Gasteiger partial charge in [0.1, 0.15) is 0 Å². The van der Waals surface area contributed by atoms with Crippen LogP contribution in [0.25, 0.3) is 11.4 Å². The number of methoxy groups -OCH3 is 4. The molecule has 0 saturated heterocycles. The fourth-order valence-corrected chi connectivity index (χ4v) is 2.76. The molecule has 0 bridgehead atoms. The fourth-order valence-electron chi connectivity index (χ4n) is 2.25. The molecule has 0 amide bonds. The predicted molar refractivity (Wildman–Crippen MR) is 110 cm³/mol. The normalized spacial score (nSPS) is 11.9. The van der Waals surface area contributed by atoms with Gasteiger partial charge in [-0.2, -0.15) is 0 Å². The van der Waals surface area contributed by atoms with E-state index in [2.05, 4.69) is 15.0 Å². The Morgan fingerprint density at radius 1 is 0.643 bits per heavy atom. The van der Waals surface area contributed by atoms with Gasteiger partial charge in [-0.05, 0) is 6.07 Å². The van der Waals surface area contributed by atoms with Crippen molar-refractivity contribution < 1.29 is 18.9 Å². The minimum Gasteiger partial charge on any atom is -0.493 e. The standard InChI is InChI=1S/C15H13Cl6N3O4/c1-25-7-5-6(8(26-2)10(28-4)9(7)27-3)11-22-12(14(16,17)18)24-13(23-11)15(19,20)21/h5H,1-4H3. The molecule has 7 nitrogen and oxygen atoms in total. The van der Waals surface area contributed by atoms with Crippen LogP contribution < -0.4 is 18.9 Å². The Bertz CT molecular complexity index is 838. The number of rotatable bonds is 5. The third kappa shape index (κ3) is 4.83. The lowest BCUT2D eigenvalue weighted by Gasteiger charge is -2.20. The van der Waals surface area contributed by atoms with Crippen molar-refractivity contribution in [3.63, 3.8) is 0 Å². The highest BCUT2D eigenvalue weighted by molar-refractivity contribution is 6.67. The molecular weight excluding hydrogens is 499 g/mol. The number of halogens is 6. The zero-order valence-corrected chi connectivity index (χ0v) is 19.4. The third-order valence-corrected chi connectivity index (χ3v) is 4.39. The predicted octanol–water partition coefficient (Wildman–Crippen LogP) is 5.23. The third-order valence-electron chi connectivity index (χ3n) is 3.37. The molecule has 0 aliphatic carbocycles. The maximum absolute atomic E-state index is 5.93. The Hall–Kier alpha value is -0.830. The number of hydrogen-bond acceptors (Lipinski definition) is 7. The van der Waals surface area contributed by atoms with E-state index >= 15 is 0 Å². The van der Waals surface area contributed by atoms with Gasteiger partial charge < -0.3 is 18.9 Å². The van der Waals surface area contributed by atoms with E-state index in [1.165, 1.54) is 28.4 Å². The Morgan fingerprint density at radius 2 is 1.11 bits per heavy atom. The maximum Gasteiger partial charge on any atom is 0.250 e. The summed E-state index contributed by atoms with van der Waals surface area (Å²) in [6, 6.07) is 1.54. The molecule has 2 aromatic rings. The van der Waals surface area contributed by atoms with Crippen molar-refractivity contribution in [3.05, 3.63) is 17.7 Å². The lowest BCUT2D eigenvalue weighted by atomic mass is 10.1. The summed E-state index contributed by atoms with van der Waals surface area (Å²) in [5.41, 5.74) is 0.297.